The number of anilines is 1. The number of fused-ring (bicyclic) bond motifs is 2. The summed E-state index contributed by atoms with van der Waals surface area (Å²) in [5.74, 6) is 0.121. The van der Waals surface area contributed by atoms with E-state index in [4.69, 9.17) is 0 Å². The number of hydrogen-bond acceptors (Lipinski definition) is 1. The van der Waals surface area contributed by atoms with Crippen LogP contribution < -0.4 is 4.90 Å². The minimum absolute atomic E-state index is 0.121. The zero-order valence-electron chi connectivity index (χ0n) is 16.1. The maximum absolute atomic E-state index is 3.64. The van der Waals surface area contributed by atoms with Gasteiger partial charge in [0.1, 0.15) is 0 Å². The minimum Gasteiger partial charge on any atom is -0.378 e. The molecule has 3 heteroatoms. The maximum atomic E-state index is 3.64. The van der Waals surface area contributed by atoms with Crippen LogP contribution in [0.15, 0.2) is 84.9 Å². The average molecular weight is 365 g/mol. The van der Waals surface area contributed by atoms with Gasteiger partial charge in [-0.25, -0.2) is 0 Å². The van der Waals surface area contributed by atoms with Crippen molar-refractivity contribution < 1.29 is 0 Å². The van der Waals surface area contributed by atoms with Gasteiger partial charge < -0.3 is 14.9 Å². The van der Waals surface area contributed by atoms with E-state index >= 15 is 0 Å². The van der Waals surface area contributed by atoms with E-state index in [2.05, 4.69) is 114 Å². The number of hydrogen-bond donors (Lipinski definition) is 2. The first-order valence-electron chi connectivity index (χ1n) is 9.61. The molecule has 2 heterocycles. The molecule has 2 N–H and O–H groups in total. The average Bonchev–Trinajstić information content (AvgIpc) is 3.32. The molecule has 0 spiro atoms. The van der Waals surface area contributed by atoms with Crippen molar-refractivity contribution in [2.45, 2.75) is 5.92 Å². The van der Waals surface area contributed by atoms with Gasteiger partial charge in [-0.1, -0.05) is 48.5 Å². The lowest BCUT2D eigenvalue weighted by Crippen LogP contribution is -2.09. The van der Waals surface area contributed by atoms with Gasteiger partial charge in [0.25, 0.3) is 0 Å². The van der Waals surface area contributed by atoms with Crippen molar-refractivity contribution in [2.24, 2.45) is 0 Å². The molecule has 0 aliphatic heterocycles. The number of aromatic nitrogens is 2. The molecule has 5 rings (SSSR count). The minimum atomic E-state index is 0.121. The van der Waals surface area contributed by atoms with E-state index in [0.29, 0.717) is 0 Å². The van der Waals surface area contributed by atoms with Gasteiger partial charge in [-0.05, 0) is 52.7 Å². The van der Waals surface area contributed by atoms with Crippen molar-refractivity contribution in [3.8, 4) is 0 Å². The van der Waals surface area contributed by atoms with Crippen LogP contribution in [0.2, 0.25) is 0 Å². The van der Waals surface area contributed by atoms with Crippen LogP contribution in [0.4, 0.5) is 5.69 Å². The fraction of sp³-hybridized carbons (Fsp3) is 0.120. The Hall–Kier alpha value is -3.46. The zero-order chi connectivity index (χ0) is 19.1. The van der Waals surface area contributed by atoms with Gasteiger partial charge in [0.15, 0.2) is 0 Å². The number of nitrogens with one attached hydrogen (secondary N) is 2. The van der Waals surface area contributed by atoms with Crippen molar-refractivity contribution in [2.75, 3.05) is 19.0 Å². The molecule has 138 valence electrons. The van der Waals surface area contributed by atoms with Crippen LogP contribution in [0, 0.1) is 0 Å². The molecule has 0 aliphatic carbocycles. The number of aromatic amines is 2. The zero-order valence-corrected chi connectivity index (χ0v) is 16.1. The highest BCUT2D eigenvalue weighted by molar-refractivity contribution is 5.82. The second kappa shape index (κ2) is 6.61. The molecule has 5 aromatic rings. The molecule has 0 amide bonds. The van der Waals surface area contributed by atoms with Gasteiger partial charge in [-0.3, -0.25) is 0 Å². The summed E-state index contributed by atoms with van der Waals surface area (Å²) >= 11 is 0. The van der Waals surface area contributed by atoms with Gasteiger partial charge in [0.2, 0.25) is 0 Å². The first-order chi connectivity index (χ1) is 13.7. The Bertz CT molecular complexity index is 1100. The summed E-state index contributed by atoms with van der Waals surface area (Å²) in [5.41, 5.74) is 7.21. The molecular formula is C25H23N3. The van der Waals surface area contributed by atoms with Crippen LogP contribution in [0.1, 0.15) is 22.9 Å². The quantitative estimate of drug-likeness (QED) is 0.409. The topological polar surface area (TPSA) is 34.8 Å². The molecule has 0 atom stereocenters. The Balaban J connectivity index is 1.68. The van der Waals surface area contributed by atoms with Crippen LogP contribution in [0.25, 0.3) is 21.8 Å². The predicted molar refractivity (Wildman–Crippen MR) is 118 cm³/mol. The summed E-state index contributed by atoms with van der Waals surface area (Å²) in [6.45, 7) is 0. The third-order valence-corrected chi connectivity index (χ3v) is 5.47. The SMILES string of the molecule is CN(C)c1ccc(C(c2cc3ccccc3[nH]2)c2cc3ccccc3[nH]2)cc1. The molecule has 0 saturated heterocycles. The summed E-state index contributed by atoms with van der Waals surface area (Å²) in [5, 5.41) is 2.48. The van der Waals surface area contributed by atoms with Gasteiger partial charge in [-0.15, -0.1) is 0 Å². The van der Waals surface area contributed by atoms with E-state index in [-0.39, 0.29) is 5.92 Å². The van der Waals surface area contributed by atoms with E-state index in [1.807, 2.05) is 0 Å². The second-order valence-corrected chi connectivity index (χ2v) is 7.54. The van der Waals surface area contributed by atoms with E-state index in [1.54, 1.807) is 0 Å². The molecule has 0 unspecified atom stereocenters. The van der Waals surface area contributed by atoms with Crippen molar-refractivity contribution >= 4 is 27.5 Å². The molecule has 28 heavy (non-hydrogen) atoms. The highest BCUT2D eigenvalue weighted by atomic mass is 15.1. The number of nitrogens with zero attached hydrogens (tertiary/aromatic N) is 1. The van der Waals surface area contributed by atoms with Crippen LogP contribution in [0.5, 0.6) is 0 Å². The molecule has 0 aliphatic rings. The first-order valence-corrected chi connectivity index (χ1v) is 9.61. The summed E-state index contributed by atoms with van der Waals surface area (Å²) in [4.78, 5) is 9.42. The Morgan fingerprint density at radius 1 is 0.643 bits per heavy atom. The van der Waals surface area contributed by atoms with Crippen LogP contribution >= 0.6 is 0 Å². The molecule has 0 bridgehead atoms. The van der Waals surface area contributed by atoms with E-state index in [1.165, 1.54) is 44.4 Å². The van der Waals surface area contributed by atoms with Gasteiger partial charge in [0.05, 0.1) is 5.92 Å². The maximum Gasteiger partial charge on any atom is 0.0642 e. The summed E-state index contributed by atoms with van der Waals surface area (Å²) in [7, 11) is 4.14. The number of H-pyrrole nitrogens is 2. The standard InChI is InChI=1S/C25H23N3/c1-28(2)20-13-11-17(12-14-20)25(23-15-18-7-3-5-9-21(18)26-23)24-16-19-8-4-6-10-22(19)27-24/h3-16,25-27H,1-2H3. The summed E-state index contributed by atoms with van der Waals surface area (Å²) in [6.07, 6.45) is 0. The van der Waals surface area contributed by atoms with Crippen molar-refractivity contribution in [3.63, 3.8) is 0 Å². The summed E-state index contributed by atoms with van der Waals surface area (Å²) < 4.78 is 0. The van der Waals surface area contributed by atoms with E-state index in [9.17, 15) is 0 Å². The highest BCUT2D eigenvalue weighted by Crippen LogP contribution is 2.35. The fourth-order valence-corrected chi connectivity index (χ4v) is 3.99. The number of rotatable bonds is 4. The molecule has 0 radical (unpaired) electrons. The second-order valence-electron chi connectivity index (χ2n) is 7.54. The lowest BCUT2D eigenvalue weighted by atomic mass is 9.92. The molecular weight excluding hydrogens is 342 g/mol. The number of benzene rings is 3. The number of para-hydroxylation sites is 2. The van der Waals surface area contributed by atoms with E-state index in [0.717, 1.165) is 0 Å². The summed E-state index contributed by atoms with van der Waals surface area (Å²) in [6, 6.07) is 30.3. The molecule has 2 aromatic heterocycles. The van der Waals surface area contributed by atoms with Crippen LogP contribution in [0.3, 0.4) is 0 Å². The fourth-order valence-electron chi connectivity index (χ4n) is 3.99. The smallest absolute Gasteiger partial charge is 0.0642 e. The van der Waals surface area contributed by atoms with Gasteiger partial charge in [0, 0.05) is 42.2 Å². The van der Waals surface area contributed by atoms with Crippen molar-refractivity contribution in [1.82, 2.24) is 9.97 Å². The predicted octanol–water partition coefficient (Wildman–Crippen LogP) is 5.90. The molecule has 0 fully saturated rings. The van der Waals surface area contributed by atoms with Crippen molar-refractivity contribution in [1.29, 1.82) is 0 Å². The molecule has 0 saturated carbocycles. The van der Waals surface area contributed by atoms with E-state index < -0.39 is 0 Å². The Morgan fingerprint density at radius 3 is 1.61 bits per heavy atom. The van der Waals surface area contributed by atoms with Crippen LogP contribution in [-0.2, 0) is 0 Å². The molecule has 3 nitrogen and oxygen atoms in total. The Kier molecular flexibility index (Phi) is 3.94. The van der Waals surface area contributed by atoms with Crippen molar-refractivity contribution in [3.05, 3.63) is 102 Å². The third-order valence-electron chi connectivity index (χ3n) is 5.47. The van der Waals surface area contributed by atoms with Gasteiger partial charge >= 0.3 is 0 Å². The third kappa shape index (κ3) is 2.85. The first kappa shape index (κ1) is 16.7. The monoisotopic (exact) mass is 365 g/mol. The van der Waals surface area contributed by atoms with Gasteiger partial charge in [-0.2, -0.15) is 0 Å². The van der Waals surface area contributed by atoms with Crippen LogP contribution in [-0.4, -0.2) is 24.1 Å². The largest absolute Gasteiger partial charge is 0.378 e. The Morgan fingerprint density at radius 2 is 1.14 bits per heavy atom. The lowest BCUT2D eigenvalue weighted by molar-refractivity contribution is 0.906. The highest BCUT2D eigenvalue weighted by Gasteiger charge is 2.21. The Labute approximate surface area is 164 Å². The normalized spacial score (nSPS) is 11.5. The molecule has 3 aromatic carbocycles. The lowest BCUT2D eigenvalue weighted by Gasteiger charge is -2.18.